The average molecular weight is 141 g/mol. The molecule has 0 radical (unpaired) electrons. The predicted molar refractivity (Wildman–Crippen MR) is 35.8 cm³/mol. The minimum absolute atomic E-state index is 0.343. The standard InChI is InChI=1S/C7H8FNO/c1-2-7(9)5-3-10-4-6(5)8/h2-4,7H,1,9H2/t7-/m1/s1. The molecule has 0 aromatic carbocycles. The van der Waals surface area contributed by atoms with Crippen molar-refractivity contribution in [3.05, 3.63) is 36.6 Å². The fourth-order valence-electron chi connectivity index (χ4n) is 0.656. The molecule has 3 heteroatoms. The highest BCUT2D eigenvalue weighted by molar-refractivity contribution is 5.17. The molecule has 10 heavy (non-hydrogen) atoms. The summed E-state index contributed by atoms with van der Waals surface area (Å²) in [5.41, 5.74) is 5.76. The van der Waals surface area contributed by atoms with Crippen LogP contribution in [0.25, 0.3) is 0 Å². The SMILES string of the molecule is C=C[C@@H](N)c1cocc1F. The third kappa shape index (κ3) is 1.09. The van der Waals surface area contributed by atoms with Crippen molar-refractivity contribution in [1.29, 1.82) is 0 Å². The van der Waals surface area contributed by atoms with Crippen LogP contribution >= 0.6 is 0 Å². The Balaban J connectivity index is 2.92. The highest BCUT2D eigenvalue weighted by Crippen LogP contribution is 2.15. The maximum Gasteiger partial charge on any atom is 0.166 e. The van der Waals surface area contributed by atoms with Crippen LogP contribution in [0.15, 0.2) is 29.6 Å². The normalized spacial score (nSPS) is 13.0. The summed E-state index contributed by atoms with van der Waals surface area (Å²) in [6, 6.07) is -0.473. The molecule has 1 heterocycles. The molecule has 2 nitrogen and oxygen atoms in total. The Kier molecular flexibility index (Phi) is 1.87. The highest BCUT2D eigenvalue weighted by Gasteiger charge is 2.08. The van der Waals surface area contributed by atoms with Gasteiger partial charge in [0.15, 0.2) is 5.82 Å². The summed E-state index contributed by atoms with van der Waals surface area (Å²) in [5.74, 6) is -0.424. The molecule has 2 N–H and O–H groups in total. The van der Waals surface area contributed by atoms with Crippen LogP contribution < -0.4 is 5.73 Å². The fraction of sp³-hybridized carbons (Fsp3) is 0.143. The van der Waals surface area contributed by atoms with Crippen molar-refractivity contribution in [2.24, 2.45) is 5.73 Å². The minimum atomic E-state index is -0.473. The van der Waals surface area contributed by atoms with Crippen molar-refractivity contribution in [3.63, 3.8) is 0 Å². The number of nitrogens with two attached hydrogens (primary N) is 1. The zero-order valence-electron chi connectivity index (χ0n) is 5.38. The Labute approximate surface area is 58.1 Å². The van der Waals surface area contributed by atoms with Crippen LogP contribution in [0.1, 0.15) is 11.6 Å². The Hall–Kier alpha value is -1.09. The minimum Gasteiger partial charge on any atom is -0.469 e. The molecule has 54 valence electrons. The van der Waals surface area contributed by atoms with E-state index in [1.165, 1.54) is 12.3 Å². The van der Waals surface area contributed by atoms with Gasteiger partial charge in [0, 0.05) is 5.56 Å². The predicted octanol–water partition coefficient (Wildman–Crippen LogP) is 1.60. The van der Waals surface area contributed by atoms with Crippen molar-refractivity contribution < 1.29 is 8.81 Å². The topological polar surface area (TPSA) is 39.2 Å². The molecule has 0 saturated heterocycles. The van der Waals surface area contributed by atoms with E-state index in [0.29, 0.717) is 5.56 Å². The molecule has 0 aliphatic heterocycles. The van der Waals surface area contributed by atoms with E-state index >= 15 is 0 Å². The van der Waals surface area contributed by atoms with Crippen LogP contribution in [0.4, 0.5) is 4.39 Å². The second-order valence-corrected chi connectivity index (χ2v) is 1.94. The molecule has 0 saturated carbocycles. The first-order valence-electron chi connectivity index (χ1n) is 2.85. The summed E-state index contributed by atoms with van der Waals surface area (Å²) in [5, 5.41) is 0. The molecule has 0 fully saturated rings. The van der Waals surface area contributed by atoms with Gasteiger partial charge in [-0.15, -0.1) is 6.58 Å². The third-order valence-corrected chi connectivity index (χ3v) is 1.26. The zero-order valence-corrected chi connectivity index (χ0v) is 5.38. The quantitative estimate of drug-likeness (QED) is 0.635. The molecule has 1 aromatic rings. The van der Waals surface area contributed by atoms with E-state index < -0.39 is 11.9 Å². The van der Waals surface area contributed by atoms with E-state index in [4.69, 9.17) is 5.73 Å². The number of hydrogen-bond donors (Lipinski definition) is 1. The molecule has 0 unspecified atom stereocenters. The van der Waals surface area contributed by atoms with Gasteiger partial charge in [-0.25, -0.2) is 4.39 Å². The molecule has 1 rings (SSSR count). The zero-order chi connectivity index (χ0) is 7.56. The van der Waals surface area contributed by atoms with Crippen LogP contribution in [-0.4, -0.2) is 0 Å². The van der Waals surface area contributed by atoms with E-state index in [0.717, 1.165) is 6.26 Å². The molecular weight excluding hydrogens is 133 g/mol. The van der Waals surface area contributed by atoms with Crippen molar-refractivity contribution >= 4 is 0 Å². The second kappa shape index (κ2) is 2.66. The van der Waals surface area contributed by atoms with Gasteiger partial charge in [-0.05, 0) is 0 Å². The van der Waals surface area contributed by atoms with Crippen LogP contribution in [0.3, 0.4) is 0 Å². The van der Waals surface area contributed by atoms with Gasteiger partial charge in [0.25, 0.3) is 0 Å². The summed E-state index contributed by atoms with van der Waals surface area (Å²) in [4.78, 5) is 0. The molecule has 0 spiro atoms. The monoisotopic (exact) mass is 141 g/mol. The molecule has 1 atom stereocenters. The summed E-state index contributed by atoms with van der Waals surface area (Å²) in [6.45, 7) is 3.42. The Morgan fingerprint density at radius 3 is 2.80 bits per heavy atom. The number of hydrogen-bond acceptors (Lipinski definition) is 2. The summed E-state index contributed by atoms with van der Waals surface area (Å²) in [6.07, 6.45) is 3.74. The van der Waals surface area contributed by atoms with E-state index in [2.05, 4.69) is 11.0 Å². The van der Waals surface area contributed by atoms with Crippen molar-refractivity contribution in [2.45, 2.75) is 6.04 Å². The maximum absolute atomic E-state index is 12.6. The average Bonchev–Trinajstić information content (AvgIpc) is 2.34. The second-order valence-electron chi connectivity index (χ2n) is 1.94. The van der Waals surface area contributed by atoms with E-state index in [1.807, 2.05) is 0 Å². The number of furan rings is 1. The van der Waals surface area contributed by atoms with Gasteiger partial charge in [-0.3, -0.25) is 0 Å². The summed E-state index contributed by atoms with van der Waals surface area (Å²) < 4.78 is 17.1. The first-order valence-corrected chi connectivity index (χ1v) is 2.85. The van der Waals surface area contributed by atoms with Gasteiger partial charge in [0.05, 0.1) is 12.3 Å². The van der Waals surface area contributed by atoms with Crippen LogP contribution in [-0.2, 0) is 0 Å². The summed E-state index contributed by atoms with van der Waals surface area (Å²) in [7, 11) is 0. The van der Waals surface area contributed by atoms with E-state index in [1.54, 1.807) is 0 Å². The highest BCUT2D eigenvalue weighted by atomic mass is 19.1. The molecule has 1 aromatic heterocycles. The lowest BCUT2D eigenvalue weighted by molar-refractivity contribution is 0.532. The van der Waals surface area contributed by atoms with Crippen molar-refractivity contribution in [3.8, 4) is 0 Å². The number of rotatable bonds is 2. The first kappa shape index (κ1) is 7.02. The van der Waals surface area contributed by atoms with Crippen LogP contribution in [0, 0.1) is 5.82 Å². The van der Waals surface area contributed by atoms with Crippen molar-refractivity contribution in [2.75, 3.05) is 0 Å². The molecular formula is C7H8FNO. The van der Waals surface area contributed by atoms with E-state index in [-0.39, 0.29) is 0 Å². The summed E-state index contributed by atoms with van der Waals surface area (Å²) >= 11 is 0. The molecule has 0 aliphatic carbocycles. The van der Waals surface area contributed by atoms with Gasteiger partial charge >= 0.3 is 0 Å². The third-order valence-electron chi connectivity index (χ3n) is 1.26. The molecule has 0 amide bonds. The fourth-order valence-corrected chi connectivity index (χ4v) is 0.656. The largest absolute Gasteiger partial charge is 0.469 e. The van der Waals surface area contributed by atoms with Crippen LogP contribution in [0.2, 0.25) is 0 Å². The lowest BCUT2D eigenvalue weighted by Gasteiger charge is -1.99. The smallest absolute Gasteiger partial charge is 0.166 e. The van der Waals surface area contributed by atoms with Gasteiger partial charge in [0.1, 0.15) is 6.26 Å². The lowest BCUT2D eigenvalue weighted by Crippen LogP contribution is -2.06. The van der Waals surface area contributed by atoms with Crippen LogP contribution in [0.5, 0.6) is 0 Å². The van der Waals surface area contributed by atoms with Gasteiger partial charge in [-0.1, -0.05) is 6.08 Å². The van der Waals surface area contributed by atoms with Gasteiger partial charge in [-0.2, -0.15) is 0 Å². The van der Waals surface area contributed by atoms with Gasteiger partial charge in [0.2, 0.25) is 0 Å². The molecule has 0 bridgehead atoms. The van der Waals surface area contributed by atoms with Crippen molar-refractivity contribution in [1.82, 2.24) is 0 Å². The lowest BCUT2D eigenvalue weighted by atomic mass is 10.1. The Morgan fingerprint density at radius 1 is 1.70 bits per heavy atom. The Bertz CT molecular complexity index is 231. The van der Waals surface area contributed by atoms with E-state index in [9.17, 15) is 4.39 Å². The Morgan fingerprint density at radius 2 is 2.40 bits per heavy atom. The number of halogens is 1. The first-order chi connectivity index (χ1) is 4.75. The molecule has 0 aliphatic rings. The maximum atomic E-state index is 12.6. The van der Waals surface area contributed by atoms with Gasteiger partial charge < -0.3 is 10.2 Å².